The maximum absolute atomic E-state index is 3.76. The van der Waals surface area contributed by atoms with Crippen molar-refractivity contribution in [2.45, 2.75) is 12.2 Å². The van der Waals surface area contributed by atoms with Crippen molar-refractivity contribution < 1.29 is 0 Å². The number of hydrogen-bond donors (Lipinski definition) is 2. The molecule has 0 saturated heterocycles. The lowest BCUT2D eigenvalue weighted by Gasteiger charge is -2.36. The van der Waals surface area contributed by atoms with Crippen LogP contribution in [0, 0.1) is 0 Å². The van der Waals surface area contributed by atoms with Crippen LogP contribution in [0.1, 0.15) is 28.9 Å². The number of dihydropyridines is 1. The minimum atomic E-state index is 0.101. The van der Waals surface area contributed by atoms with Gasteiger partial charge in [0.1, 0.15) is 6.17 Å². The second-order valence-electron chi connectivity index (χ2n) is 9.93. The number of nitrogens with zero attached hydrogens (tertiary/aromatic N) is 1. The summed E-state index contributed by atoms with van der Waals surface area (Å²) >= 11 is 0. The van der Waals surface area contributed by atoms with E-state index in [0.29, 0.717) is 0 Å². The topological polar surface area (TPSA) is 27.3 Å². The van der Waals surface area contributed by atoms with Crippen LogP contribution in [0.15, 0.2) is 128 Å². The maximum Gasteiger partial charge on any atom is 0.131 e. The maximum atomic E-state index is 3.76. The normalized spacial score (nSPS) is 18.7. The minimum Gasteiger partial charge on any atom is -0.380 e. The molecule has 2 atom stereocenters. The number of benzene rings is 5. The Hall–Kier alpha value is -4.76. The van der Waals surface area contributed by atoms with Crippen LogP contribution >= 0.6 is 0 Å². The molecule has 3 heteroatoms. The molecule has 5 aromatic rings. The first kappa shape index (κ1) is 20.4. The number of para-hydroxylation sites is 3. The zero-order valence-corrected chi connectivity index (χ0v) is 20.2. The van der Waals surface area contributed by atoms with E-state index in [-0.39, 0.29) is 12.2 Å². The van der Waals surface area contributed by atoms with Crippen LogP contribution in [0.4, 0.5) is 17.1 Å². The van der Waals surface area contributed by atoms with Crippen LogP contribution < -0.4 is 15.5 Å². The lowest BCUT2D eigenvalue weighted by atomic mass is 9.88. The fourth-order valence-corrected chi connectivity index (χ4v) is 6.13. The van der Waals surface area contributed by atoms with Crippen molar-refractivity contribution in [3.63, 3.8) is 0 Å². The highest BCUT2D eigenvalue weighted by Gasteiger charge is 2.37. The Bertz CT molecular complexity index is 1760. The largest absolute Gasteiger partial charge is 0.380 e. The SMILES string of the molecule is C1=CC(c2ccc3c(c2)-c2ccccc2N2c4ccccc4NC32)NC=C1c1cccc2ccccc12. The van der Waals surface area contributed by atoms with Gasteiger partial charge in [-0.15, -0.1) is 0 Å². The highest BCUT2D eigenvalue weighted by atomic mass is 15.3. The lowest BCUT2D eigenvalue weighted by molar-refractivity contribution is 0.746. The first-order valence-electron chi connectivity index (χ1n) is 12.9. The third-order valence-electron chi connectivity index (χ3n) is 7.89. The Balaban J connectivity index is 1.16. The van der Waals surface area contributed by atoms with Crippen LogP contribution in [-0.4, -0.2) is 0 Å². The van der Waals surface area contributed by atoms with Gasteiger partial charge in [0.2, 0.25) is 0 Å². The second-order valence-corrected chi connectivity index (χ2v) is 9.93. The van der Waals surface area contributed by atoms with Gasteiger partial charge in [-0.2, -0.15) is 0 Å². The molecule has 176 valence electrons. The predicted octanol–water partition coefficient (Wildman–Crippen LogP) is 8.32. The van der Waals surface area contributed by atoms with Crippen molar-refractivity contribution in [2.75, 3.05) is 10.2 Å². The quantitative estimate of drug-likeness (QED) is 0.269. The molecule has 0 fully saturated rings. The van der Waals surface area contributed by atoms with Crippen LogP contribution in [-0.2, 0) is 0 Å². The van der Waals surface area contributed by atoms with E-state index < -0.39 is 0 Å². The Morgan fingerprint density at radius 3 is 2.35 bits per heavy atom. The van der Waals surface area contributed by atoms with Crippen LogP contribution in [0.2, 0.25) is 0 Å². The third-order valence-corrected chi connectivity index (χ3v) is 7.89. The number of rotatable bonds is 2. The molecule has 2 unspecified atom stereocenters. The number of nitrogens with one attached hydrogen (secondary N) is 2. The Morgan fingerprint density at radius 1 is 0.649 bits per heavy atom. The standard InChI is InChI=1S/C34H25N3/c1-2-10-25-22(8-1)9-7-12-26(25)24-17-19-30(35-21-24)23-16-18-28-29(20-23)27-11-3-5-14-32(27)37-33-15-6-4-13-31(33)36-34(28)37/h1-21,30,34-36H. The molecule has 0 radical (unpaired) electrons. The van der Waals surface area contributed by atoms with Gasteiger partial charge in [-0.25, -0.2) is 0 Å². The van der Waals surface area contributed by atoms with Gasteiger partial charge >= 0.3 is 0 Å². The Labute approximate surface area is 216 Å². The van der Waals surface area contributed by atoms with E-state index in [1.165, 1.54) is 61.2 Å². The molecule has 3 aliphatic heterocycles. The summed E-state index contributed by atoms with van der Waals surface area (Å²) in [6.07, 6.45) is 6.80. The van der Waals surface area contributed by atoms with E-state index in [4.69, 9.17) is 0 Å². The van der Waals surface area contributed by atoms with Gasteiger partial charge in [-0.05, 0) is 57.3 Å². The van der Waals surface area contributed by atoms with Gasteiger partial charge in [0, 0.05) is 17.3 Å². The Kier molecular flexibility index (Phi) is 4.35. The highest BCUT2D eigenvalue weighted by molar-refractivity contribution is 5.97. The van der Waals surface area contributed by atoms with Crippen LogP contribution in [0.3, 0.4) is 0 Å². The fraction of sp³-hybridized carbons (Fsp3) is 0.0588. The van der Waals surface area contributed by atoms with Crippen molar-refractivity contribution in [1.29, 1.82) is 0 Å². The minimum absolute atomic E-state index is 0.101. The van der Waals surface area contributed by atoms with Crippen molar-refractivity contribution >= 4 is 33.4 Å². The van der Waals surface area contributed by atoms with E-state index in [1.54, 1.807) is 0 Å². The molecular weight excluding hydrogens is 450 g/mol. The molecule has 37 heavy (non-hydrogen) atoms. The number of hydrogen-bond acceptors (Lipinski definition) is 3. The highest BCUT2D eigenvalue weighted by Crippen LogP contribution is 2.54. The summed E-state index contributed by atoms with van der Waals surface area (Å²) in [6.45, 7) is 0. The van der Waals surface area contributed by atoms with E-state index in [2.05, 4.69) is 143 Å². The van der Waals surface area contributed by atoms with E-state index in [1.807, 2.05) is 0 Å². The molecule has 0 amide bonds. The van der Waals surface area contributed by atoms with Gasteiger partial charge in [0.15, 0.2) is 0 Å². The summed E-state index contributed by atoms with van der Waals surface area (Å²) in [4.78, 5) is 2.44. The van der Waals surface area contributed by atoms with E-state index >= 15 is 0 Å². The summed E-state index contributed by atoms with van der Waals surface area (Å²) in [5, 5.41) is 9.97. The third kappa shape index (κ3) is 3.07. The zero-order chi connectivity index (χ0) is 24.3. The molecule has 0 spiro atoms. The van der Waals surface area contributed by atoms with Crippen molar-refractivity contribution in [1.82, 2.24) is 5.32 Å². The lowest BCUT2D eigenvalue weighted by Crippen LogP contribution is -2.28. The molecule has 0 aliphatic carbocycles. The molecule has 8 rings (SSSR count). The first-order chi connectivity index (χ1) is 18.3. The molecular formula is C34H25N3. The van der Waals surface area contributed by atoms with Crippen molar-refractivity contribution in [2.24, 2.45) is 0 Å². The number of fused-ring (bicyclic) bond motifs is 9. The summed E-state index contributed by atoms with van der Waals surface area (Å²) in [5.74, 6) is 0. The van der Waals surface area contributed by atoms with Crippen molar-refractivity contribution in [3.8, 4) is 11.1 Å². The van der Waals surface area contributed by atoms with Crippen LogP contribution in [0.5, 0.6) is 0 Å². The summed E-state index contributed by atoms with van der Waals surface area (Å²) < 4.78 is 0. The average Bonchev–Trinajstić information content (AvgIpc) is 3.37. The number of anilines is 3. The van der Waals surface area contributed by atoms with E-state index in [9.17, 15) is 0 Å². The van der Waals surface area contributed by atoms with Crippen molar-refractivity contribution in [3.05, 3.63) is 144 Å². The second kappa shape index (κ2) is 7.87. The summed E-state index contributed by atoms with van der Waals surface area (Å²) in [5.41, 5.74) is 11.3. The summed E-state index contributed by atoms with van der Waals surface area (Å²) in [6, 6.07) is 39.5. The zero-order valence-electron chi connectivity index (χ0n) is 20.2. The van der Waals surface area contributed by atoms with Gasteiger partial charge in [-0.1, -0.05) is 97.1 Å². The molecule has 2 N–H and O–H groups in total. The van der Waals surface area contributed by atoms with Gasteiger partial charge < -0.3 is 15.5 Å². The van der Waals surface area contributed by atoms with E-state index in [0.717, 1.165) is 0 Å². The van der Waals surface area contributed by atoms with Crippen LogP contribution in [0.25, 0.3) is 27.5 Å². The predicted molar refractivity (Wildman–Crippen MR) is 154 cm³/mol. The molecule has 3 nitrogen and oxygen atoms in total. The number of allylic oxidation sites excluding steroid dienone is 2. The Morgan fingerprint density at radius 2 is 1.43 bits per heavy atom. The van der Waals surface area contributed by atoms with Gasteiger partial charge in [0.25, 0.3) is 0 Å². The summed E-state index contributed by atoms with van der Waals surface area (Å²) in [7, 11) is 0. The monoisotopic (exact) mass is 475 g/mol. The molecule has 3 aliphatic rings. The molecule has 5 aromatic carbocycles. The fourth-order valence-electron chi connectivity index (χ4n) is 6.13. The first-order valence-corrected chi connectivity index (χ1v) is 12.9. The molecule has 0 aromatic heterocycles. The molecule has 0 bridgehead atoms. The average molecular weight is 476 g/mol. The smallest absolute Gasteiger partial charge is 0.131 e. The molecule has 3 heterocycles. The van der Waals surface area contributed by atoms with Gasteiger partial charge in [-0.3, -0.25) is 0 Å². The van der Waals surface area contributed by atoms with Gasteiger partial charge in [0.05, 0.1) is 23.1 Å². The molecule has 0 saturated carbocycles.